The Kier molecular flexibility index (Phi) is 11.1. The molecule has 8 heteroatoms. The van der Waals surface area contributed by atoms with Crippen LogP contribution in [0.15, 0.2) is 40.8 Å². The third-order valence-corrected chi connectivity index (χ3v) is 10.4. The summed E-state index contributed by atoms with van der Waals surface area (Å²) in [5, 5.41) is -0.802. The van der Waals surface area contributed by atoms with E-state index in [-0.39, 0.29) is 22.5 Å². The molecule has 1 atom stereocenters. The van der Waals surface area contributed by atoms with Gasteiger partial charge in [-0.3, -0.25) is 4.55 Å². The van der Waals surface area contributed by atoms with Gasteiger partial charge in [0.1, 0.15) is 15.9 Å². The molecule has 0 amide bonds. The summed E-state index contributed by atoms with van der Waals surface area (Å²) in [5.74, 6) is 0.0288. The van der Waals surface area contributed by atoms with E-state index < -0.39 is 25.5 Å². The second-order valence-electron chi connectivity index (χ2n) is 11.6. The molecule has 1 saturated carbocycles. The predicted molar refractivity (Wildman–Crippen MR) is 154 cm³/mol. The van der Waals surface area contributed by atoms with Gasteiger partial charge in [-0.25, -0.2) is 0 Å². The third-order valence-electron chi connectivity index (χ3n) is 7.87. The van der Waals surface area contributed by atoms with Crippen molar-refractivity contribution < 1.29 is 25.6 Å². The van der Waals surface area contributed by atoms with Crippen LogP contribution >= 0.6 is 0 Å². The van der Waals surface area contributed by atoms with Crippen LogP contribution in [0.3, 0.4) is 0 Å². The van der Waals surface area contributed by atoms with Crippen LogP contribution in [0, 0.1) is 5.92 Å². The topological polar surface area (TPSA) is 97.7 Å². The van der Waals surface area contributed by atoms with Crippen molar-refractivity contribution in [2.24, 2.45) is 5.92 Å². The van der Waals surface area contributed by atoms with E-state index in [4.69, 9.17) is 4.18 Å². The minimum atomic E-state index is -4.49. The van der Waals surface area contributed by atoms with Gasteiger partial charge in [-0.1, -0.05) is 104 Å². The first kappa shape index (κ1) is 30.9. The van der Waals surface area contributed by atoms with Gasteiger partial charge in [0.2, 0.25) is 0 Å². The van der Waals surface area contributed by atoms with Gasteiger partial charge in [0, 0.05) is 0 Å². The highest BCUT2D eigenvalue weighted by Gasteiger charge is 2.30. The van der Waals surface area contributed by atoms with E-state index in [1.54, 1.807) is 33.8 Å². The van der Waals surface area contributed by atoms with E-state index in [0.717, 1.165) is 12.8 Å². The number of rotatable bonds is 7. The maximum Gasteiger partial charge on any atom is 0.316 e. The van der Waals surface area contributed by atoms with Crippen LogP contribution in [0.25, 0.3) is 0 Å². The Balaban J connectivity index is 1.77. The Labute approximate surface area is 230 Å². The lowest BCUT2D eigenvalue weighted by Gasteiger charge is -2.24. The van der Waals surface area contributed by atoms with E-state index in [1.807, 2.05) is 6.08 Å². The second-order valence-corrected chi connectivity index (χ2v) is 14.7. The van der Waals surface area contributed by atoms with Crippen LogP contribution in [0.4, 0.5) is 0 Å². The van der Waals surface area contributed by atoms with E-state index in [9.17, 15) is 21.4 Å². The predicted octanol–water partition coefficient (Wildman–Crippen LogP) is 8.06. The quantitative estimate of drug-likeness (QED) is 0.265. The van der Waals surface area contributed by atoms with E-state index in [1.165, 1.54) is 75.5 Å². The molecule has 3 rings (SSSR count). The van der Waals surface area contributed by atoms with Gasteiger partial charge in [0.05, 0.1) is 0 Å². The first-order valence-electron chi connectivity index (χ1n) is 14.4. The molecule has 2 aliphatic rings. The summed E-state index contributed by atoms with van der Waals surface area (Å²) < 4.78 is 66.4. The number of hydrogen-bond donors (Lipinski definition) is 1. The van der Waals surface area contributed by atoms with Gasteiger partial charge in [0.15, 0.2) is 0 Å². The zero-order valence-corrected chi connectivity index (χ0v) is 25.1. The van der Waals surface area contributed by atoms with Crippen LogP contribution in [-0.4, -0.2) is 26.6 Å². The molecule has 1 aromatic carbocycles. The Hall–Kier alpha value is -1.64. The monoisotopic (exact) mass is 566 g/mol. The van der Waals surface area contributed by atoms with Crippen molar-refractivity contribution in [2.45, 2.75) is 127 Å². The number of allylic oxidation sites excluding steroid dienone is 3. The average molecular weight is 567 g/mol. The molecule has 1 N–H and O–H groups in total. The molecule has 0 aliphatic heterocycles. The summed E-state index contributed by atoms with van der Waals surface area (Å²) >= 11 is 0. The van der Waals surface area contributed by atoms with Gasteiger partial charge in [0.25, 0.3) is 10.1 Å². The minimum absolute atomic E-state index is 0.0762. The van der Waals surface area contributed by atoms with Gasteiger partial charge in [-0.2, -0.15) is 16.8 Å². The van der Waals surface area contributed by atoms with Gasteiger partial charge in [-0.15, -0.1) is 0 Å². The molecule has 0 bridgehead atoms. The first-order valence-corrected chi connectivity index (χ1v) is 17.3. The molecule has 1 unspecified atom stereocenters. The molecule has 1 aromatic rings. The molecular formula is C30H46O6S2. The maximum absolute atomic E-state index is 13.3. The van der Waals surface area contributed by atoms with Crippen LogP contribution in [0.2, 0.25) is 0 Å². The highest BCUT2D eigenvalue weighted by molar-refractivity contribution is 7.88. The summed E-state index contributed by atoms with van der Waals surface area (Å²) in [5.41, 5.74) is 1.93. The highest BCUT2D eigenvalue weighted by atomic mass is 32.2. The zero-order chi connectivity index (χ0) is 27.9. The fourth-order valence-electron chi connectivity index (χ4n) is 5.68. The second kappa shape index (κ2) is 13.6. The average Bonchev–Trinajstić information content (AvgIpc) is 2.83. The van der Waals surface area contributed by atoms with Crippen molar-refractivity contribution in [1.29, 1.82) is 0 Å². The van der Waals surface area contributed by atoms with Crippen molar-refractivity contribution in [2.75, 3.05) is 0 Å². The summed E-state index contributed by atoms with van der Waals surface area (Å²) in [6.07, 6.45) is 20.1. The largest absolute Gasteiger partial charge is 0.382 e. The van der Waals surface area contributed by atoms with Crippen LogP contribution < -0.4 is 4.18 Å². The van der Waals surface area contributed by atoms with Gasteiger partial charge >= 0.3 is 10.1 Å². The fourth-order valence-corrected chi connectivity index (χ4v) is 7.95. The Morgan fingerprint density at radius 1 is 0.789 bits per heavy atom. The minimum Gasteiger partial charge on any atom is -0.382 e. The SMILES string of the molecule is CC(C)c1cc(OS(=O)(=O)C2C=CC(C3CCCCCCCCCCC3)=CC2)cc(C(C)C)c1S(=O)(=O)O. The zero-order valence-electron chi connectivity index (χ0n) is 23.5. The molecule has 0 saturated heterocycles. The molecule has 0 aromatic heterocycles. The maximum atomic E-state index is 13.3. The Morgan fingerprint density at radius 3 is 1.66 bits per heavy atom. The van der Waals surface area contributed by atoms with E-state index >= 15 is 0 Å². The molecule has 0 radical (unpaired) electrons. The molecule has 214 valence electrons. The molecule has 1 fully saturated rings. The standard InChI is InChI=1S/C30H46O6S2/c1-22(2)28-20-26(21-29(23(3)4)30(28)37(31,32)33)36-38(34,35)27-18-16-25(17-19-27)24-14-12-10-8-6-5-7-9-11-13-15-24/h16-18,20-24,27H,5-15,19H2,1-4H3,(H,31,32,33). The Morgan fingerprint density at radius 2 is 1.26 bits per heavy atom. The molecular weight excluding hydrogens is 520 g/mol. The fraction of sp³-hybridized carbons (Fsp3) is 0.667. The summed E-state index contributed by atoms with van der Waals surface area (Å²) in [6, 6.07) is 2.85. The normalized spacial score (nSPS) is 21.1. The van der Waals surface area contributed by atoms with E-state index in [0.29, 0.717) is 23.5 Å². The number of hydrogen-bond acceptors (Lipinski definition) is 5. The van der Waals surface area contributed by atoms with Gasteiger partial charge in [-0.05, 0) is 65.8 Å². The summed E-state index contributed by atoms with van der Waals surface area (Å²) in [4.78, 5) is -0.158. The highest BCUT2D eigenvalue weighted by Crippen LogP contribution is 2.37. The van der Waals surface area contributed by atoms with Gasteiger partial charge < -0.3 is 4.18 Å². The molecule has 38 heavy (non-hydrogen) atoms. The van der Waals surface area contributed by atoms with Crippen LogP contribution in [0.5, 0.6) is 5.75 Å². The first-order chi connectivity index (χ1) is 17.9. The van der Waals surface area contributed by atoms with Crippen molar-refractivity contribution in [1.82, 2.24) is 0 Å². The van der Waals surface area contributed by atoms with Crippen molar-refractivity contribution >= 4 is 20.2 Å². The van der Waals surface area contributed by atoms with Crippen LogP contribution in [0.1, 0.15) is 128 Å². The summed E-state index contributed by atoms with van der Waals surface area (Å²) in [6.45, 7) is 7.19. The summed E-state index contributed by atoms with van der Waals surface area (Å²) in [7, 11) is -8.49. The molecule has 0 spiro atoms. The molecule has 2 aliphatic carbocycles. The molecule has 0 heterocycles. The third kappa shape index (κ3) is 8.43. The van der Waals surface area contributed by atoms with Crippen molar-refractivity contribution in [3.63, 3.8) is 0 Å². The van der Waals surface area contributed by atoms with Crippen molar-refractivity contribution in [3.8, 4) is 5.75 Å². The van der Waals surface area contributed by atoms with E-state index in [2.05, 4.69) is 6.08 Å². The number of benzene rings is 1. The van der Waals surface area contributed by atoms with Crippen LogP contribution in [-0.2, 0) is 20.2 Å². The Bertz CT molecular complexity index is 1170. The molecule has 6 nitrogen and oxygen atoms in total. The lowest BCUT2D eigenvalue weighted by Crippen LogP contribution is -2.26. The van der Waals surface area contributed by atoms with Crippen molar-refractivity contribution in [3.05, 3.63) is 47.1 Å². The smallest absolute Gasteiger partial charge is 0.316 e. The lowest BCUT2D eigenvalue weighted by atomic mass is 9.85. The lowest BCUT2D eigenvalue weighted by molar-refractivity contribution is 0.438.